The van der Waals surface area contributed by atoms with E-state index in [9.17, 15) is 9.59 Å². The molecule has 26 heavy (non-hydrogen) atoms. The minimum absolute atomic E-state index is 0.263. The predicted octanol–water partition coefficient (Wildman–Crippen LogP) is 3.00. The Morgan fingerprint density at radius 1 is 1.27 bits per heavy atom. The lowest BCUT2D eigenvalue weighted by Gasteiger charge is -2.17. The Morgan fingerprint density at radius 2 is 2.08 bits per heavy atom. The minimum atomic E-state index is -0.287. The number of aromatic nitrogens is 2. The number of benzene rings is 1. The Morgan fingerprint density at radius 3 is 2.85 bits per heavy atom. The highest BCUT2D eigenvalue weighted by Gasteiger charge is 2.27. The molecular formula is C20H24N4O2. The van der Waals surface area contributed by atoms with Gasteiger partial charge in [-0.15, -0.1) is 6.58 Å². The summed E-state index contributed by atoms with van der Waals surface area (Å²) in [6.07, 6.45) is 4.33. The highest BCUT2D eigenvalue weighted by Crippen LogP contribution is 2.23. The van der Waals surface area contributed by atoms with Gasteiger partial charge in [0.2, 0.25) is 0 Å². The molecule has 1 aromatic carbocycles. The van der Waals surface area contributed by atoms with Crippen LogP contribution in [0.3, 0.4) is 0 Å². The fourth-order valence-corrected chi connectivity index (χ4v) is 3.20. The third-order valence-electron chi connectivity index (χ3n) is 4.58. The Kier molecular flexibility index (Phi) is 5.21. The van der Waals surface area contributed by atoms with Crippen LogP contribution < -0.4 is 10.6 Å². The molecular weight excluding hydrogens is 328 g/mol. The number of carbonyl (C=O) groups excluding carboxylic acids is 2. The van der Waals surface area contributed by atoms with Gasteiger partial charge in [0.25, 0.3) is 11.8 Å². The Labute approximate surface area is 153 Å². The second-order valence-corrected chi connectivity index (χ2v) is 6.61. The molecule has 0 unspecified atom stereocenters. The van der Waals surface area contributed by atoms with Gasteiger partial charge in [0.05, 0.1) is 5.69 Å². The van der Waals surface area contributed by atoms with Crippen LogP contribution in [-0.2, 0) is 13.0 Å². The topological polar surface area (TPSA) is 76.0 Å². The van der Waals surface area contributed by atoms with Gasteiger partial charge in [0.15, 0.2) is 5.82 Å². The molecule has 0 aliphatic carbocycles. The number of aryl methyl sites for hydroxylation is 2. The van der Waals surface area contributed by atoms with Crippen LogP contribution in [0.1, 0.15) is 50.8 Å². The molecule has 2 amide bonds. The van der Waals surface area contributed by atoms with Crippen LogP contribution in [0, 0.1) is 13.8 Å². The van der Waals surface area contributed by atoms with Gasteiger partial charge in [-0.1, -0.05) is 18.2 Å². The zero-order valence-corrected chi connectivity index (χ0v) is 15.3. The number of hydrogen-bond acceptors (Lipinski definition) is 3. The highest BCUT2D eigenvalue weighted by molar-refractivity contribution is 6.04. The van der Waals surface area contributed by atoms with Gasteiger partial charge in [-0.3, -0.25) is 9.59 Å². The largest absolute Gasteiger partial charge is 0.347 e. The monoisotopic (exact) mass is 352 g/mol. The smallest absolute Gasteiger partial charge is 0.291 e. The summed E-state index contributed by atoms with van der Waals surface area (Å²) in [5.41, 5.74) is 4.00. The molecule has 1 aromatic heterocycles. The van der Waals surface area contributed by atoms with Crippen LogP contribution in [0.25, 0.3) is 0 Å². The number of rotatable bonds is 5. The SMILES string of the molecule is C=CCNC(=O)c1nc(C(=O)Nc2cc(C)ccc2C)n2c1CCCC2. The van der Waals surface area contributed by atoms with E-state index in [4.69, 9.17) is 0 Å². The second-order valence-electron chi connectivity index (χ2n) is 6.61. The number of amides is 2. The van der Waals surface area contributed by atoms with E-state index >= 15 is 0 Å². The second kappa shape index (κ2) is 7.56. The van der Waals surface area contributed by atoms with E-state index in [-0.39, 0.29) is 11.8 Å². The van der Waals surface area contributed by atoms with E-state index in [2.05, 4.69) is 22.2 Å². The van der Waals surface area contributed by atoms with Crippen molar-refractivity contribution in [3.05, 3.63) is 59.2 Å². The van der Waals surface area contributed by atoms with Crippen LogP contribution in [0.2, 0.25) is 0 Å². The lowest BCUT2D eigenvalue weighted by Crippen LogP contribution is -2.25. The highest BCUT2D eigenvalue weighted by atomic mass is 16.2. The van der Waals surface area contributed by atoms with Crippen molar-refractivity contribution in [2.24, 2.45) is 0 Å². The predicted molar refractivity (Wildman–Crippen MR) is 102 cm³/mol. The van der Waals surface area contributed by atoms with Crippen molar-refractivity contribution in [3.8, 4) is 0 Å². The first-order valence-corrected chi connectivity index (χ1v) is 8.88. The third kappa shape index (κ3) is 3.54. The molecule has 0 saturated heterocycles. The quantitative estimate of drug-likeness (QED) is 0.812. The van der Waals surface area contributed by atoms with Crippen molar-refractivity contribution in [2.75, 3.05) is 11.9 Å². The molecule has 0 fully saturated rings. The molecule has 2 heterocycles. The molecule has 3 rings (SSSR count). The number of nitrogens with zero attached hydrogens (tertiary/aromatic N) is 2. The number of anilines is 1. The standard InChI is InChI=1S/C20H24N4O2/c1-4-10-21-19(25)17-16-7-5-6-11-24(16)18(23-17)20(26)22-15-12-13(2)8-9-14(15)3/h4,8-9,12H,1,5-7,10-11H2,2-3H3,(H,21,25)(H,22,26). The molecule has 6 heteroatoms. The van der Waals surface area contributed by atoms with Crippen molar-refractivity contribution >= 4 is 17.5 Å². The van der Waals surface area contributed by atoms with Crippen LogP contribution in [0.5, 0.6) is 0 Å². The average molecular weight is 352 g/mol. The summed E-state index contributed by atoms with van der Waals surface area (Å²) in [6, 6.07) is 5.91. The van der Waals surface area contributed by atoms with Crippen LogP contribution in [0.4, 0.5) is 5.69 Å². The van der Waals surface area contributed by atoms with E-state index < -0.39 is 0 Å². The van der Waals surface area contributed by atoms with E-state index in [0.717, 1.165) is 41.8 Å². The van der Waals surface area contributed by atoms with E-state index in [0.29, 0.717) is 24.6 Å². The molecule has 2 aromatic rings. The zero-order chi connectivity index (χ0) is 18.7. The first-order valence-electron chi connectivity index (χ1n) is 8.88. The number of fused-ring (bicyclic) bond motifs is 1. The molecule has 6 nitrogen and oxygen atoms in total. The van der Waals surface area contributed by atoms with Crippen molar-refractivity contribution < 1.29 is 9.59 Å². The molecule has 136 valence electrons. The fourth-order valence-electron chi connectivity index (χ4n) is 3.20. The molecule has 0 bridgehead atoms. The summed E-state index contributed by atoms with van der Waals surface area (Å²) < 4.78 is 1.88. The van der Waals surface area contributed by atoms with Gasteiger partial charge in [0, 0.05) is 18.8 Å². The molecule has 2 N–H and O–H groups in total. The van der Waals surface area contributed by atoms with Gasteiger partial charge in [-0.2, -0.15) is 0 Å². The summed E-state index contributed by atoms with van der Waals surface area (Å²) in [7, 11) is 0. The van der Waals surface area contributed by atoms with Crippen molar-refractivity contribution in [1.29, 1.82) is 0 Å². The third-order valence-corrected chi connectivity index (χ3v) is 4.58. The molecule has 1 aliphatic heterocycles. The number of hydrogen-bond donors (Lipinski definition) is 2. The van der Waals surface area contributed by atoms with E-state index in [1.54, 1.807) is 6.08 Å². The molecule has 0 radical (unpaired) electrons. The van der Waals surface area contributed by atoms with Crippen LogP contribution in [-0.4, -0.2) is 27.9 Å². The normalized spacial score (nSPS) is 13.0. The van der Waals surface area contributed by atoms with Gasteiger partial charge in [-0.25, -0.2) is 4.98 Å². The molecule has 0 saturated carbocycles. The maximum atomic E-state index is 12.9. The number of imidazole rings is 1. The molecule has 1 aliphatic rings. The van der Waals surface area contributed by atoms with E-state index in [1.165, 1.54) is 0 Å². The Hall–Kier alpha value is -2.89. The van der Waals surface area contributed by atoms with Gasteiger partial charge in [-0.05, 0) is 50.3 Å². The lowest BCUT2D eigenvalue weighted by atomic mass is 10.1. The number of nitrogens with one attached hydrogen (secondary N) is 2. The van der Waals surface area contributed by atoms with E-state index in [1.807, 2.05) is 36.6 Å². The van der Waals surface area contributed by atoms with Gasteiger partial charge < -0.3 is 15.2 Å². The van der Waals surface area contributed by atoms with Crippen molar-refractivity contribution in [1.82, 2.24) is 14.9 Å². The Balaban J connectivity index is 1.92. The van der Waals surface area contributed by atoms with Crippen molar-refractivity contribution in [2.45, 2.75) is 39.7 Å². The Bertz CT molecular complexity index is 867. The van der Waals surface area contributed by atoms with Gasteiger partial charge >= 0.3 is 0 Å². The minimum Gasteiger partial charge on any atom is -0.347 e. The first kappa shape index (κ1) is 17.9. The van der Waals surface area contributed by atoms with Crippen molar-refractivity contribution in [3.63, 3.8) is 0 Å². The lowest BCUT2D eigenvalue weighted by molar-refractivity contribution is 0.0952. The maximum Gasteiger partial charge on any atom is 0.291 e. The van der Waals surface area contributed by atoms with Crippen LogP contribution in [0.15, 0.2) is 30.9 Å². The maximum absolute atomic E-state index is 12.9. The molecule has 0 spiro atoms. The number of carbonyl (C=O) groups is 2. The van der Waals surface area contributed by atoms with Crippen LogP contribution >= 0.6 is 0 Å². The zero-order valence-electron chi connectivity index (χ0n) is 15.3. The summed E-state index contributed by atoms with van der Waals surface area (Å²) >= 11 is 0. The summed E-state index contributed by atoms with van der Waals surface area (Å²) in [6.45, 7) is 8.61. The summed E-state index contributed by atoms with van der Waals surface area (Å²) in [4.78, 5) is 29.7. The summed E-state index contributed by atoms with van der Waals surface area (Å²) in [5.74, 6) is -0.254. The fraction of sp³-hybridized carbons (Fsp3) is 0.350. The average Bonchev–Trinajstić information content (AvgIpc) is 3.02. The summed E-state index contributed by atoms with van der Waals surface area (Å²) in [5, 5.41) is 5.70. The first-order chi connectivity index (χ1) is 12.5. The van der Waals surface area contributed by atoms with Gasteiger partial charge in [0.1, 0.15) is 5.69 Å². The molecule has 0 atom stereocenters.